The molecule has 1 aromatic heterocycles. The Morgan fingerprint density at radius 2 is 1.69 bits per heavy atom. The number of anilines is 1. The highest BCUT2D eigenvalue weighted by atomic mass is 32.2. The van der Waals surface area contributed by atoms with E-state index in [0.717, 1.165) is 44.1 Å². The summed E-state index contributed by atoms with van der Waals surface area (Å²) in [5.41, 5.74) is 3.69. The molecular formula is C21H24N4S. The number of para-hydroxylation sites is 1. The minimum Gasteiger partial charge on any atom is -0.368 e. The number of H-pyrrole nitrogens is 1. The lowest BCUT2D eigenvalue weighted by Gasteiger charge is -2.36. The third kappa shape index (κ3) is 3.79. The van der Waals surface area contributed by atoms with Crippen molar-refractivity contribution in [2.45, 2.75) is 11.4 Å². The fourth-order valence-corrected chi connectivity index (χ4v) is 4.08. The molecule has 2 heterocycles. The van der Waals surface area contributed by atoms with E-state index in [-0.39, 0.29) is 0 Å². The molecule has 3 aromatic rings. The Labute approximate surface area is 159 Å². The summed E-state index contributed by atoms with van der Waals surface area (Å²) in [4.78, 5) is 14.4. The smallest absolute Gasteiger partial charge is 0.137 e. The van der Waals surface area contributed by atoms with E-state index < -0.39 is 0 Å². The first-order valence-electron chi connectivity index (χ1n) is 9.03. The molecular weight excluding hydrogens is 340 g/mol. The number of nitrogens with one attached hydrogen (secondary N) is 1. The van der Waals surface area contributed by atoms with Gasteiger partial charge in [0.05, 0.1) is 5.69 Å². The van der Waals surface area contributed by atoms with Crippen molar-refractivity contribution in [2.24, 2.45) is 0 Å². The van der Waals surface area contributed by atoms with Gasteiger partial charge in [-0.1, -0.05) is 42.5 Å². The highest BCUT2D eigenvalue weighted by Gasteiger charge is 2.19. The topological polar surface area (TPSA) is 35.2 Å². The predicted molar refractivity (Wildman–Crippen MR) is 110 cm³/mol. The number of nitrogens with zero attached hydrogens (tertiary/aromatic N) is 3. The number of aromatic nitrogens is 2. The molecule has 26 heavy (non-hydrogen) atoms. The fourth-order valence-electron chi connectivity index (χ4n) is 3.46. The maximum atomic E-state index is 4.54. The van der Waals surface area contributed by atoms with Gasteiger partial charge in [0.1, 0.15) is 5.82 Å². The van der Waals surface area contributed by atoms with Gasteiger partial charge in [-0.3, -0.25) is 4.90 Å². The minimum absolute atomic E-state index is 0.928. The van der Waals surface area contributed by atoms with Crippen LogP contribution in [0.25, 0.3) is 11.4 Å². The molecule has 134 valence electrons. The molecule has 0 spiro atoms. The molecule has 1 fully saturated rings. The molecule has 1 saturated heterocycles. The Hall–Kier alpha value is -2.24. The minimum atomic E-state index is 0.928. The molecule has 4 rings (SSSR count). The molecule has 4 nitrogen and oxygen atoms in total. The number of hydrogen-bond acceptors (Lipinski definition) is 4. The lowest BCUT2D eigenvalue weighted by molar-refractivity contribution is 0.247. The highest BCUT2D eigenvalue weighted by molar-refractivity contribution is 7.98. The van der Waals surface area contributed by atoms with Gasteiger partial charge in [-0.2, -0.15) is 0 Å². The van der Waals surface area contributed by atoms with E-state index in [0.29, 0.717) is 0 Å². The maximum absolute atomic E-state index is 4.54. The Balaban J connectivity index is 1.36. The van der Waals surface area contributed by atoms with Crippen LogP contribution in [0.15, 0.2) is 65.7 Å². The Bertz CT molecular complexity index is 838. The molecule has 2 aromatic carbocycles. The molecule has 0 saturated carbocycles. The average Bonchev–Trinajstić information content (AvgIpc) is 3.18. The van der Waals surface area contributed by atoms with Crippen LogP contribution in [-0.4, -0.2) is 47.3 Å². The van der Waals surface area contributed by atoms with Crippen molar-refractivity contribution in [3.8, 4) is 11.4 Å². The van der Waals surface area contributed by atoms with Crippen LogP contribution in [-0.2, 0) is 6.54 Å². The van der Waals surface area contributed by atoms with Crippen LogP contribution < -0.4 is 4.90 Å². The van der Waals surface area contributed by atoms with Crippen molar-refractivity contribution in [3.05, 3.63) is 66.5 Å². The number of thioether (sulfide) groups is 1. The van der Waals surface area contributed by atoms with E-state index >= 15 is 0 Å². The predicted octanol–water partition coefficient (Wildman–Crippen LogP) is 4.12. The molecule has 0 bridgehead atoms. The van der Waals surface area contributed by atoms with E-state index in [9.17, 15) is 0 Å². The second-order valence-electron chi connectivity index (χ2n) is 6.56. The molecule has 0 atom stereocenters. The number of imidazole rings is 1. The van der Waals surface area contributed by atoms with E-state index in [1.807, 2.05) is 36.2 Å². The first kappa shape index (κ1) is 17.2. The van der Waals surface area contributed by atoms with E-state index in [4.69, 9.17) is 0 Å². The standard InChI is InChI=1S/C21H24N4S/c1-26-20-10-6-5-9-19(20)25-13-11-24(12-14-25)16-18-15-22-21(23-18)17-7-3-2-4-8-17/h2-10,15H,11-14,16H2,1H3,(H,22,23). The number of piperazine rings is 1. The summed E-state index contributed by atoms with van der Waals surface area (Å²) in [6.07, 6.45) is 4.12. The molecule has 0 amide bonds. The zero-order valence-electron chi connectivity index (χ0n) is 15.1. The Kier molecular flexibility index (Phi) is 5.27. The molecule has 1 aliphatic rings. The monoisotopic (exact) mass is 364 g/mol. The quantitative estimate of drug-likeness (QED) is 0.691. The molecule has 1 N–H and O–H groups in total. The van der Waals surface area contributed by atoms with Gasteiger partial charge in [0, 0.05) is 55.1 Å². The zero-order chi connectivity index (χ0) is 17.8. The van der Waals surface area contributed by atoms with Crippen molar-refractivity contribution in [3.63, 3.8) is 0 Å². The SMILES string of the molecule is CSc1ccccc1N1CCN(Cc2cnc(-c3ccccc3)[nH]2)CC1. The Morgan fingerprint density at radius 3 is 2.46 bits per heavy atom. The summed E-state index contributed by atoms with van der Waals surface area (Å²) >= 11 is 1.82. The number of aromatic amines is 1. The first-order chi connectivity index (χ1) is 12.8. The van der Waals surface area contributed by atoms with Crippen LogP contribution >= 0.6 is 11.8 Å². The molecule has 0 unspecified atom stereocenters. The summed E-state index contributed by atoms with van der Waals surface area (Å²) in [6.45, 7) is 5.21. The van der Waals surface area contributed by atoms with Crippen LogP contribution in [0, 0.1) is 0 Å². The first-order valence-corrected chi connectivity index (χ1v) is 10.3. The maximum Gasteiger partial charge on any atom is 0.137 e. The second kappa shape index (κ2) is 7.98. The van der Waals surface area contributed by atoms with Gasteiger partial charge in [-0.05, 0) is 18.4 Å². The van der Waals surface area contributed by atoms with E-state index in [1.165, 1.54) is 16.3 Å². The van der Waals surface area contributed by atoms with Gasteiger partial charge >= 0.3 is 0 Å². The summed E-state index contributed by atoms with van der Waals surface area (Å²) in [7, 11) is 0. The van der Waals surface area contributed by atoms with Crippen LogP contribution in [0.4, 0.5) is 5.69 Å². The normalized spacial score (nSPS) is 15.3. The number of hydrogen-bond donors (Lipinski definition) is 1. The number of benzene rings is 2. The summed E-state index contributed by atoms with van der Waals surface area (Å²) in [6, 6.07) is 19.0. The van der Waals surface area contributed by atoms with Gasteiger partial charge in [-0.15, -0.1) is 11.8 Å². The lowest BCUT2D eigenvalue weighted by Crippen LogP contribution is -2.46. The van der Waals surface area contributed by atoms with Gasteiger partial charge in [0.25, 0.3) is 0 Å². The molecule has 1 aliphatic heterocycles. The van der Waals surface area contributed by atoms with Crippen molar-refractivity contribution in [2.75, 3.05) is 37.3 Å². The van der Waals surface area contributed by atoms with Gasteiger partial charge in [-0.25, -0.2) is 4.98 Å². The highest BCUT2D eigenvalue weighted by Crippen LogP contribution is 2.29. The van der Waals surface area contributed by atoms with E-state index in [1.54, 1.807) is 0 Å². The van der Waals surface area contributed by atoms with Crippen molar-refractivity contribution in [1.29, 1.82) is 0 Å². The summed E-state index contributed by atoms with van der Waals surface area (Å²) in [5, 5.41) is 0. The third-order valence-electron chi connectivity index (χ3n) is 4.87. The van der Waals surface area contributed by atoms with Crippen molar-refractivity contribution in [1.82, 2.24) is 14.9 Å². The third-order valence-corrected chi connectivity index (χ3v) is 5.65. The van der Waals surface area contributed by atoms with Crippen LogP contribution in [0.1, 0.15) is 5.69 Å². The van der Waals surface area contributed by atoms with Crippen molar-refractivity contribution >= 4 is 17.4 Å². The largest absolute Gasteiger partial charge is 0.368 e. The zero-order valence-corrected chi connectivity index (χ0v) is 15.9. The molecule has 0 aliphatic carbocycles. The van der Waals surface area contributed by atoms with Crippen molar-refractivity contribution < 1.29 is 0 Å². The fraction of sp³-hybridized carbons (Fsp3) is 0.286. The van der Waals surface area contributed by atoms with Gasteiger partial charge in [0.15, 0.2) is 0 Å². The summed E-state index contributed by atoms with van der Waals surface area (Å²) in [5.74, 6) is 0.952. The van der Waals surface area contributed by atoms with Gasteiger partial charge < -0.3 is 9.88 Å². The van der Waals surface area contributed by atoms with Crippen LogP contribution in [0.5, 0.6) is 0 Å². The van der Waals surface area contributed by atoms with Crippen LogP contribution in [0.2, 0.25) is 0 Å². The number of rotatable bonds is 5. The average molecular weight is 365 g/mol. The molecule has 0 radical (unpaired) electrons. The lowest BCUT2D eigenvalue weighted by atomic mass is 10.2. The van der Waals surface area contributed by atoms with E-state index in [2.05, 4.69) is 62.4 Å². The summed E-state index contributed by atoms with van der Waals surface area (Å²) < 4.78 is 0. The van der Waals surface area contributed by atoms with Gasteiger partial charge in [0.2, 0.25) is 0 Å². The Morgan fingerprint density at radius 1 is 0.962 bits per heavy atom. The van der Waals surface area contributed by atoms with Crippen LogP contribution in [0.3, 0.4) is 0 Å². The molecule has 5 heteroatoms. The second-order valence-corrected chi connectivity index (χ2v) is 7.41.